The van der Waals surface area contributed by atoms with Crippen LogP contribution >= 0.6 is 15.9 Å². The summed E-state index contributed by atoms with van der Waals surface area (Å²) in [5.41, 5.74) is 1.59. The van der Waals surface area contributed by atoms with Gasteiger partial charge in [0.1, 0.15) is 5.58 Å². The van der Waals surface area contributed by atoms with Crippen molar-refractivity contribution in [1.29, 1.82) is 0 Å². The highest BCUT2D eigenvalue weighted by Crippen LogP contribution is 2.30. The monoisotopic (exact) mass is 477 g/mol. The number of piperidine rings is 1. The molecule has 1 aliphatic heterocycles. The van der Waals surface area contributed by atoms with E-state index in [-0.39, 0.29) is 23.1 Å². The Labute approximate surface area is 187 Å². The smallest absolute Gasteiger partial charge is 0.289 e. The number of nitrogens with zero attached hydrogens (tertiary/aromatic N) is 2. The molecule has 1 aromatic heterocycles. The van der Waals surface area contributed by atoms with Crippen LogP contribution in [0.3, 0.4) is 0 Å². The second-order valence-corrected chi connectivity index (χ2v) is 10.3. The fraction of sp³-hybridized carbons (Fsp3) is 0.565. The number of rotatable bonds is 6. The molecule has 1 aliphatic rings. The van der Waals surface area contributed by atoms with Crippen LogP contribution in [0.4, 0.5) is 0 Å². The second-order valence-electron chi connectivity index (χ2n) is 9.38. The van der Waals surface area contributed by atoms with Crippen LogP contribution in [0.2, 0.25) is 0 Å². The van der Waals surface area contributed by atoms with Crippen LogP contribution in [0, 0.1) is 18.3 Å². The fourth-order valence-corrected chi connectivity index (χ4v) is 4.63. The number of amides is 2. The van der Waals surface area contributed by atoms with Crippen LogP contribution < -0.4 is 5.32 Å². The first kappa shape index (κ1) is 22.8. The first-order valence-electron chi connectivity index (χ1n) is 10.5. The highest BCUT2D eigenvalue weighted by atomic mass is 79.9. The molecule has 1 saturated heterocycles. The lowest BCUT2D eigenvalue weighted by molar-refractivity contribution is -0.126. The number of furan rings is 1. The number of aryl methyl sites for hydroxylation is 1. The maximum atomic E-state index is 13.0. The van der Waals surface area contributed by atoms with Crippen LogP contribution in [-0.2, 0) is 4.79 Å². The lowest BCUT2D eigenvalue weighted by Crippen LogP contribution is -2.46. The van der Waals surface area contributed by atoms with Crippen molar-refractivity contribution >= 4 is 38.7 Å². The van der Waals surface area contributed by atoms with Crippen molar-refractivity contribution in [1.82, 2.24) is 15.1 Å². The maximum absolute atomic E-state index is 13.0. The Morgan fingerprint density at radius 3 is 2.57 bits per heavy atom. The molecule has 2 heterocycles. The molecular weight excluding hydrogens is 446 g/mol. The summed E-state index contributed by atoms with van der Waals surface area (Å²) in [6.07, 6.45) is 1.35. The third-order valence-corrected chi connectivity index (χ3v) is 6.22. The number of benzene rings is 1. The number of carbonyl (C=O) groups is 2. The molecule has 30 heavy (non-hydrogen) atoms. The third kappa shape index (κ3) is 5.24. The number of fused-ring (bicyclic) bond motifs is 1. The van der Waals surface area contributed by atoms with Gasteiger partial charge >= 0.3 is 0 Å². The second kappa shape index (κ2) is 9.10. The Morgan fingerprint density at radius 2 is 1.93 bits per heavy atom. The third-order valence-electron chi connectivity index (χ3n) is 5.73. The minimum Gasteiger partial charge on any atom is -0.451 e. The zero-order valence-corrected chi connectivity index (χ0v) is 20.1. The molecule has 6 nitrogen and oxygen atoms in total. The Bertz CT molecular complexity index is 927. The average molecular weight is 478 g/mol. The van der Waals surface area contributed by atoms with Gasteiger partial charge in [-0.15, -0.1) is 0 Å². The van der Waals surface area contributed by atoms with Crippen molar-refractivity contribution < 1.29 is 14.0 Å². The molecule has 0 spiro atoms. The number of hydrogen-bond donors (Lipinski definition) is 1. The van der Waals surface area contributed by atoms with Gasteiger partial charge in [-0.1, -0.05) is 29.8 Å². The maximum Gasteiger partial charge on any atom is 0.289 e. The molecule has 0 saturated carbocycles. The van der Waals surface area contributed by atoms with Crippen molar-refractivity contribution in [3.63, 3.8) is 0 Å². The summed E-state index contributed by atoms with van der Waals surface area (Å²) in [5.74, 6) is 0.359. The summed E-state index contributed by atoms with van der Waals surface area (Å²) < 4.78 is 6.81. The van der Waals surface area contributed by atoms with E-state index in [2.05, 4.69) is 40.0 Å². The SMILES string of the molecule is Cc1c(C(=O)N2CCC(C(=O)NCC(C)(C)CN(C)C)CC2)oc2ccc(Br)cc12. The van der Waals surface area contributed by atoms with Crippen molar-refractivity contribution in [3.05, 3.63) is 34.0 Å². The van der Waals surface area contributed by atoms with Crippen molar-refractivity contribution in [2.75, 3.05) is 40.3 Å². The summed E-state index contributed by atoms with van der Waals surface area (Å²) in [6.45, 7) is 8.92. The molecular formula is C23H32BrN3O3. The Kier molecular flexibility index (Phi) is 6.92. The van der Waals surface area contributed by atoms with E-state index in [4.69, 9.17) is 4.42 Å². The van der Waals surface area contributed by atoms with Crippen LogP contribution in [0.1, 0.15) is 42.8 Å². The van der Waals surface area contributed by atoms with E-state index in [1.54, 1.807) is 4.90 Å². The van der Waals surface area contributed by atoms with E-state index in [0.717, 1.165) is 22.0 Å². The van der Waals surface area contributed by atoms with E-state index < -0.39 is 0 Å². The van der Waals surface area contributed by atoms with Crippen LogP contribution in [0.15, 0.2) is 27.1 Å². The van der Waals surface area contributed by atoms with Gasteiger partial charge in [0.15, 0.2) is 5.76 Å². The summed E-state index contributed by atoms with van der Waals surface area (Å²) in [7, 11) is 4.08. The van der Waals surface area contributed by atoms with Gasteiger partial charge in [-0.3, -0.25) is 9.59 Å². The molecule has 0 radical (unpaired) electrons. The molecule has 164 valence electrons. The van der Waals surface area contributed by atoms with E-state index in [9.17, 15) is 9.59 Å². The quantitative estimate of drug-likeness (QED) is 0.680. The molecule has 7 heteroatoms. The van der Waals surface area contributed by atoms with Gasteiger partial charge in [-0.05, 0) is 57.5 Å². The van der Waals surface area contributed by atoms with E-state index in [1.807, 2.05) is 39.2 Å². The molecule has 0 aliphatic carbocycles. The predicted octanol–water partition coefficient (Wildman–Crippen LogP) is 4.06. The molecule has 3 rings (SSSR count). The number of halogens is 1. The highest BCUT2D eigenvalue weighted by molar-refractivity contribution is 9.10. The van der Waals surface area contributed by atoms with Gasteiger partial charge in [0.05, 0.1) is 0 Å². The minimum atomic E-state index is -0.0919. The van der Waals surface area contributed by atoms with E-state index in [1.165, 1.54) is 0 Å². The first-order valence-corrected chi connectivity index (χ1v) is 11.3. The van der Waals surface area contributed by atoms with Gasteiger partial charge in [0, 0.05) is 47.5 Å². The molecule has 2 amide bonds. The summed E-state index contributed by atoms with van der Waals surface area (Å²) in [6, 6.07) is 5.75. The predicted molar refractivity (Wildman–Crippen MR) is 123 cm³/mol. The molecule has 1 fully saturated rings. The van der Waals surface area contributed by atoms with Crippen LogP contribution in [0.5, 0.6) is 0 Å². The molecule has 0 atom stereocenters. The Hall–Kier alpha value is -1.86. The van der Waals surface area contributed by atoms with Gasteiger partial charge in [0.25, 0.3) is 5.91 Å². The zero-order chi connectivity index (χ0) is 22.1. The van der Waals surface area contributed by atoms with Gasteiger partial charge in [-0.2, -0.15) is 0 Å². The Balaban J connectivity index is 1.57. The van der Waals surface area contributed by atoms with Crippen molar-refractivity contribution in [2.45, 2.75) is 33.6 Å². The number of likely N-dealkylation sites (tertiary alicyclic amines) is 1. The van der Waals surface area contributed by atoms with E-state index >= 15 is 0 Å². The fourth-order valence-electron chi connectivity index (χ4n) is 4.27. The topological polar surface area (TPSA) is 65.8 Å². The molecule has 0 bridgehead atoms. The molecule has 1 aromatic carbocycles. The zero-order valence-electron chi connectivity index (χ0n) is 18.5. The lowest BCUT2D eigenvalue weighted by atomic mass is 9.91. The van der Waals surface area contributed by atoms with Gasteiger partial charge in [0.2, 0.25) is 5.91 Å². The number of nitrogens with one attached hydrogen (secondary N) is 1. The molecule has 1 N–H and O–H groups in total. The van der Waals surface area contributed by atoms with Crippen LogP contribution in [0.25, 0.3) is 11.0 Å². The summed E-state index contributed by atoms with van der Waals surface area (Å²) in [5, 5.41) is 4.06. The van der Waals surface area contributed by atoms with Gasteiger partial charge < -0.3 is 19.5 Å². The largest absolute Gasteiger partial charge is 0.451 e. The number of carbonyl (C=O) groups excluding carboxylic acids is 2. The Morgan fingerprint density at radius 1 is 1.27 bits per heavy atom. The summed E-state index contributed by atoms with van der Waals surface area (Å²) in [4.78, 5) is 29.6. The van der Waals surface area contributed by atoms with Crippen LogP contribution in [-0.4, -0.2) is 61.9 Å². The number of hydrogen-bond acceptors (Lipinski definition) is 4. The highest BCUT2D eigenvalue weighted by Gasteiger charge is 2.31. The molecule has 0 unspecified atom stereocenters. The first-order chi connectivity index (χ1) is 14.1. The van der Waals surface area contributed by atoms with E-state index in [0.29, 0.717) is 43.8 Å². The minimum absolute atomic E-state index is 0.0175. The van der Waals surface area contributed by atoms with Crippen molar-refractivity contribution in [2.24, 2.45) is 11.3 Å². The van der Waals surface area contributed by atoms with Crippen molar-refractivity contribution in [3.8, 4) is 0 Å². The van der Waals surface area contributed by atoms with Gasteiger partial charge in [-0.25, -0.2) is 0 Å². The average Bonchev–Trinajstić information content (AvgIpc) is 3.01. The molecule has 2 aromatic rings. The lowest BCUT2D eigenvalue weighted by Gasteiger charge is -2.32. The standard InChI is InChI=1S/C23H32BrN3O3/c1-15-18-12-17(24)6-7-19(18)30-20(15)22(29)27-10-8-16(9-11-27)21(28)25-13-23(2,3)14-26(4)5/h6-7,12,16H,8-11,13-14H2,1-5H3,(H,25,28). The normalized spacial score (nSPS) is 15.8. The summed E-state index contributed by atoms with van der Waals surface area (Å²) >= 11 is 3.47.